The molecular formula is C11H18N2O. The number of fused-ring (bicyclic) bond motifs is 1. The maximum Gasteiger partial charge on any atom is 0.292 e. The lowest BCUT2D eigenvalue weighted by Crippen LogP contribution is -2.26. The van der Waals surface area contributed by atoms with Gasteiger partial charge in [0.15, 0.2) is 0 Å². The molecule has 0 aliphatic heterocycles. The van der Waals surface area contributed by atoms with Crippen LogP contribution in [-0.4, -0.2) is 4.98 Å². The van der Waals surface area contributed by atoms with E-state index >= 15 is 0 Å². The first-order valence-electron chi connectivity index (χ1n) is 5.21. The van der Waals surface area contributed by atoms with Crippen LogP contribution < -0.4 is 5.73 Å². The molecule has 1 aromatic rings. The van der Waals surface area contributed by atoms with Gasteiger partial charge in [0.2, 0.25) is 0 Å². The van der Waals surface area contributed by atoms with Gasteiger partial charge in [0.25, 0.3) is 6.01 Å². The molecule has 3 heteroatoms. The standard InChI is InChI=1S/C11H18N2O/c1-11(2,3)7-4-5-9-8(6-7)13-10(12)14-9/h7H,4-6H2,1-3H3,(H2,12,13)/t7-/m0/s1. The molecule has 0 saturated carbocycles. The number of aromatic nitrogens is 1. The highest BCUT2D eigenvalue weighted by molar-refractivity contribution is 5.23. The molecule has 1 atom stereocenters. The molecule has 0 bridgehead atoms. The van der Waals surface area contributed by atoms with Crippen molar-refractivity contribution in [2.75, 3.05) is 5.73 Å². The molecule has 0 radical (unpaired) electrons. The predicted molar refractivity (Wildman–Crippen MR) is 55.9 cm³/mol. The summed E-state index contributed by atoms with van der Waals surface area (Å²) in [5.41, 5.74) is 6.97. The molecule has 0 unspecified atom stereocenters. The van der Waals surface area contributed by atoms with Crippen molar-refractivity contribution in [2.24, 2.45) is 11.3 Å². The minimum absolute atomic E-state index is 0.324. The Labute approximate surface area is 84.7 Å². The van der Waals surface area contributed by atoms with E-state index in [0.717, 1.165) is 24.3 Å². The number of nitrogens with zero attached hydrogens (tertiary/aromatic N) is 1. The maximum absolute atomic E-state index is 5.54. The van der Waals surface area contributed by atoms with Gasteiger partial charge in [-0.05, 0) is 24.2 Å². The number of oxazole rings is 1. The van der Waals surface area contributed by atoms with Crippen LogP contribution in [0.1, 0.15) is 38.6 Å². The molecule has 1 heterocycles. The van der Waals surface area contributed by atoms with Crippen LogP contribution in [-0.2, 0) is 12.8 Å². The third-order valence-corrected chi connectivity index (χ3v) is 3.18. The Morgan fingerprint density at radius 2 is 2.14 bits per heavy atom. The second-order valence-corrected chi connectivity index (χ2v) is 5.23. The Bertz CT molecular complexity index is 336. The number of rotatable bonds is 0. The van der Waals surface area contributed by atoms with Crippen molar-refractivity contribution < 1.29 is 4.42 Å². The topological polar surface area (TPSA) is 52.0 Å². The van der Waals surface area contributed by atoms with Gasteiger partial charge >= 0.3 is 0 Å². The van der Waals surface area contributed by atoms with Crippen LogP contribution in [0.15, 0.2) is 4.42 Å². The molecule has 2 N–H and O–H groups in total. The molecule has 1 aromatic heterocycles. The molecule has 0 spiro atoms. The van der Waals surface area contributed by atoms with E-state index in [0.29, 0.717) is 17.3 Å². The van der Waals surface area contributed by atoms with Crippen LogP contribution in [0.3, 0.4) is 0 Å². The van der Waals surface area contributed by atoms with Gasteiger partial charge < -0.3 is 10.2 Å². The quantitative estimate of drug-likeness (QED) is 0.690. The first-order valence-corrected chi connectivity index (χ1v) is 5.21. The molecule has 14 heavy (non-hydrogen) atoms. The average Bonchev–Trinajstić information content (AvgIpc) is 2.41. The van der Waals surface area contributed by atoms with E-state index in [4.69, 9.17) is 10.2 Å². The van der Waals surface area contributed by atoms with Gasteiger partial charge in [-0.25, -0.2) is 0 Å². The van der Waals surface area contributed by atoms with Crippen molar-refractivity contribution in [2.45, 2.75) is 40.0 Å². The van der Waals surface area contributed by atoms with Gasteiger partial charge in [0.1, 0.15) is 5.76 Å². The van der Waals surface area contributed by atoms with E-state index in [2.05, 4.69) is 25.8 Å². The molecule has 0 fully saturated rings. The zero-order valence-corrected chi connectivity index (χ0v) is 9.13. The molecule has 1 aliphatic carbocycles. The highest BCUT2D eigenvalue weighted by Gasteiger charge is 2.31. The largest absolute Gasteiger partial charge is 0.429 e. The first-order chi connectivity index (χ1) is 6.47. The summed E-state index contributed by atoms with van der Waals surface area (Å²) in [5, 5.41) is 0. The summed E-state index contributed by atoms with van der Waals surface area (Å²) in [5.74, 6) is 1.70. The number of anilines is 1. The van der Waals surface area contributed by atoms with Crippen molar-refractivity contribution in [1.82, 2.24) is 4.98 Å². The maximum atomic E-state index is 5.54. The minimum atomic E-state index is 0.324. The highest BCUT2D eigenvalue weighted by Crippen LogP contribution is 2.37. The lowest BCUT2D eigenvalue weighted by Gasteiger charge is -2.32. The van der Waals surface area contributed by atoms with Crippen LogP contribution in [0.25, 0.3) is 0 Å². The molecule has 78 valence electrons. The van der Waals surface area contributed by atoms with Crippen molar-refractivity contribution in [1.29, 1.82) is 0 Å². The van der Waals surface area contributed by atoms with Crippen LogP contribution in [0.4, 0.5) is 6.01 Å². The fraction of sp³-hybridized carbons (Fsp3) is 0.727. The van der Waals surface area contributed by atoms with Crippen molar-refractivity contribution in [3.05, 3.63) is 11.5 Å². The fourth-order valence-electron chi connectivity index (χ4n) is 2.14. The summed E-state index contributed by atoms with van der Waals surface area (Å²) < 4.78 is 5.33. The zero-order chi connectivity index (χ0) is 10.3. The lowest BCUT2D eigenvalue weighted by molar-refractivity contribution is 0.208. The van der Waals surface area contributed by atoms with E-state index in [9.17, 15) is 0 Å². The average molecular weight is 194 g/mol. The minimum Gasteiger partial charge on any atom is -0.429 e. The zero-order valence-electron chi connectivity index (χ0n) is 9.13. The van der Waals surface area contributed by atoms with Gasteiger partial charge in [0, 0.05) is 6.42 Å². The molecule has 2 rings (SSSR count). The van der Waals surface area contributed by atoms with E-state index in [1.807, 2.05) is 0 Å². The second kappa shape index (κ2) is 3.01. The van der Waals surface area contributed by atoms with Crippen molar-refractivity contribution in [3.63, 3.8) is 0 Å². The highest BCUT2D eigenvalue weighted by atomic mass is 16.4. The summed E-state index contributed by atoms with van der Waals surface area (Å²) in [4.78, 5) is 4.23. The van der Waals surface area contributed by atoms with Crippen LogP contribution in [0.2, 0.25) is 0 Å². The van der Waals surface area contributed by atoms with E-state index < -0.39 is 0 Å². The molecule has 0 aromatic carbocycles. The number of aryl methyl sites for hydroxylation is 1. The van der Waals surface area contributed by atoms with Gasteiger partial charge in [-0.3, -0.25) is 0 Å². The first kappa shape index (κ1) is 9.56. The number of nitrogen functional groups attached to an aromatic ring is 1. The predicted octanol–water partition coefficient (Wildman–Crippen LogP) is 2.41. The lowest BCUT2D eigenvalue weighted by atomic mass is 9.73. The molecule has 0 saturated heterocycles. The van der Waals surface area contributed by atoms with Crippen LogP contribution >= 0.6 is 0 Å². The third-order valence-electron chi connectivity index (χ3n) is 3.18. The van der Waals surface area contributed by atoms with Gasteiger partial charge in [0.05, 0.1) is 5.69 Å². The molecule has 1 aliphatic rings. The Balaban J connectivity index is 2.21. The summed E-state index contributed by atoms with van der Waals surface area (Å²) in [6.07, 6.45) is 3.19. The summed E-state index contributed by atoms with van der Waals surface area (Å²) in [7, 11) is 0. The van der Waals surface area contributed by atoms with Gasteiger partial charge in [-0.15, -0.1) is 0 Å². The Hall–Kier alpha value is -0.990. The number of hydrogen-bond acceptors (Lipinski definition) is 3. The monoisotopic (exact) mass is 194 g/mol. The molecule has 3 nitrogen and oxygen atoms in total. The fourth-order valence-corrected chi connectivity index (χ4v) is 2.14. The van der Waals surface area contributed by atoms with E-state index in [1.165, 1.54) is 6.42 Å². The Morgan fingerprint density at radius 3 is 2.79 bits per heavy atom. The van der Waals surface area contributed by atoms with E-state index in [1.54, 1.807) is 0 Å². The summed E-state index contributed by atoms with van der Waals surface area (Å²) in [6, 6.07) is 0.324. The van der Waals surface area contributed by atoms with E-state index in [-0.39, 0.29) is 0 Å². The van der Waals surface area contributed by atoms with Crippen molar-refractivity contribution in [3.8, 4) is 0 Å². The summed E-state index contributed by atoms with van der Waals surface area (Å²) >= 11 is 0. The van der Waals surface area contributed by atoms with Gasteiger partial charge in [-0.2, -0.15) is 4.98 Å². The van der Waals surface area contributed by atoms with Crippen LogP contribution in [0.5, 0.6) is 0 Å². The smallest absolute Gasteiger partial charge is 0.292 e. The summed E-state index contributed by atoms with van der Waals surface area (Å²) in [6.45, 7) is 6.85. The Kier molecular flexibility index (Phi) is 2.05. The Morgan fingerprint density at radius 1 is 1.43 bits per heavy atom. The van der Waals surface area contributed by atoms with Crippen molar-refractivity contribution >= 4 is 6.01 Å². The third kappa shape index (κ3) is 1.63. The van der Waals surface area contributed by atoms with Gasteiger partial charge in [-0.1, -0.05) is 20.8 Å². The number of nitrogens with two attached hydrogens (primary N) is 1. The molecular weight excluding hydrogens is 176 g/mol. The number of hydrogen-bond donors (Lipinski definition) is 1. The van der Waals surface area contributed by atoms with Crippen LogP contribution in [0, 0.1) is 11.3 Å². The second-order valence-electron chi connectivity index (χ2n) is 5.23. The SMILES string of the molecule is CC(C)(C)[C@H]1CCc2oc(N)nc2C1. The molecule has 0 amide bonds. The normalized spacial score (nSPS) is 22.1.